The topological polar surface area (TPSA) is 47.6 Å². The zero-order chi connectivity index (χ0) is 16.0. The van der Waals surface area contributed by atoms with E-state index in [4.69, 9.17) is 9.47 Å². The van der Waals surface area contributed by atoms with Crippen molar-refractivity contribution < 1.29 is 14.3 Å². The van der Waals surface area contributed by atoms with Gasteiger partial charge < -0.3 is 14.8 Å². The van der Waals surface area contributed by atoms with E-state index in [0.29, 0.717) is 30.3 Å². The van der Waals surface area contributed by atoms with Crippen molar-refractivity contribution in [2.45, 2.75) is 47.6 Å². The first-order valence-corrected chi connectivity index (χ1v) is 7.50. The number of rotatable bonds is 6. The summed E-state index contributed by atoms with van der Waals surface area (Å²) < 4.78 is 11.1. The highest BCUT2D eigenvalue weighted by Crippen LogP contribution is 2.29. The highest BCUT2D eigenvalue weighted by atomic mass is 16.5. The highest BCUT2D eigenvalue weighted by Gasteiger charge is 2.22. The van der Waals surface area contributed by atoms with E-state index >= 15 is 0 Å². The summed E-state index contributed by atoms with van der Waals surface area (Å²) in [5.74, 6) is 1.18. The minimum atomic E-state index is -0.0959. The third-order valence-electron chi connectivity index (χ3n) is 3.45. The second kappa shape index (κ2) is 7.34. The number of hydrogen-bond donors (Lipinski definition) is 1. The Morgan fingerprint density at radius 3 is 2.24 bits per heavy atom. The quantitative estimate of drug-likeness (QED) is 0.871. The van der Waals surface area contributed by atoms with E-state index in [0.717, 1.165) is 0 Å². The molecule has 0 fully saturated rings. The molecular formula is C17H27NO3. The summed E-state index contributed by atoms with van der Waals surface area (Å²) >= 11 is 0. The summed E-state index contributed by atoms with van der Waals surface area (Å²) in [7, 11) is 0. The van der Waals surface area contributed by atoms with Crippen LogP contribution in [0.25, 0.3) is 0 Å². The lowest BCUT2D eigenvalue weighted by molar-refractivity contribution is 0.0909. The molecule has 0 aliphatic carbocycles. The zero-order valence-corrected chi connectivity index (χ0v) is 13.9. The molecule has 1 rings (SSSR count). The molecule has 0 aromatic heterocycles. The van der Waals surface area contributed by atoms with Gasteiger partial charge in [-0.05, 0) is 44.4 Å². The summed E-state index contributed by atoms with van der Waals surface area (Å²) in [6.07, 6.45) is 0. The molecule has 118 valence electrons. The maximum atomic E-state index is 12.3. The van der Waals surface area contributed by atoms with Gasteiger partial charge in [0, 0.05) is 11.6 Å². The summed E-state index contributed by atoms with van der Waals surface area (Å²) in [4.78, 5) is 12.3. The third-order valence-corrected chi connectivity index (χ3v) is 3.45. The first-order chi connectivity index (χ1) is 9.79. The van der Waals surface area contributed by atoms with Gasteiger partial charge in [0.05, 0.1) is 13.2 Å². The van der Waals surface area contributed by atoms with E-state index in [2.05, 4.69) is 26.1 Å². The first kappa shape index (κ1) is 17.3. The van der Waals surface area contributed by atoms with Crippen LogP contribution in [0.3, 0.4) is 0 Å². The van der Waals surface area contributed by atoms with Gasteiger partial charge in [0.2, 0.25) is 0 Å². The van der Waals surface area contributed by atoms with Crippen LogP contribution in [-0.2, 0) is 0 Å². The van der Waals surface area contributed by atoms with Crippen molar-refractivity contribution in [1.82, 2.24) is 5.32 Å². The zero-order valence-electron chi connectivity index (χ0n) is 13.9. The van der Waals surface area contributed by atoms with Crippen molar-refractivity contribution in [3.8, 4) is 11.5 Å². The fourth-order valence-corrected chi connectivity index (χ4v) is 1.69. The molecule has 0 spiro atoms. The van der Waals surface area contributed by atoms with Gasteiger partial charge >= 0.3 is 0 Å². The summed E-state index contributed by atoms with van der Waals surface area (Å²) in [5.41, 5.74) is 0.599. The monoisotopic (exact) mass is 293 g/mol. The van der Waals surface area contributed by atoms with Gasteiger partial charge in [0.15, 0.2) is 11.5 Å². The van der Waals surface area contributed by atoms with Gasteiger partial charge in [-0.3, -0.25) is 4.79 Å². The summed E-state index contributed by atoms with van der Waals surface area (Å²) in [6, 6.07) is 5.36. The predicted octanol–water partition coefficient (Wildman–Crippen LogP) is 3.65. The minimum absolute atomic E-state index is 0.0175. The van der Waals surface area contributed by atoms with Gasteiger partial charge in [-0.15, -0.1) is 0 Å². The molecule has 0 saturated carbocycles. The third kappa shape index (κ3) is 4.96. The minimum Gasteiger partial charge on any atom is -0.490 e. The van der Waals surface area contributed by atoms with Crippen LogP contribution in [0.4, 0.5) is 0 Å². The number of hydrogen-bond acceptors (Lipinski definition) is 3. The van der Waals surface area contributed by atoms with Gasteiger partial charge in [-0.1, -0.05) is 20.8 Å². The van der Waals surface area contributed by atoms with E-state index < -0.39 is 0 Å². The Kier molecular flexibility index (Phi) is 6.06. The Balaban J connectivity index is 2.92. The molecule has 1 N–H and O–H groups in total. The molecule has 0 aliphatic rings. The second-order valence-electron chi connectivity index (χ2n) is 6.09. The number of amides is 1. The maximum Gasteiger partial charge on any atom is 0.251 e. The number of ether oxygens (including phenoxy) is 2. The number of carbonyl (C=O) groups excluding carboxylic acids is 1. The van der Waals surface area contributed by atoms with Crippen LogP contribution in [0.1, 0.15) is 51.9 Å². The van der Waals surface area contributed by atoms with E-state index in [-0.39, 0.29) is 17.4 Å². The van der Waals surface area contributed by atoms with Crippen molar-refractivity contribution in [2.24, 2.45) is 5.41 Å². The van der Waals surface area contributed by atoms with Crippen molar-refractivity contribution in [3.63, 3.8) is 0 Å². The molecule has 4 heteroatoms. The summed E-state index contributed by atoms with van der Waals surface area (Å²) in [5, 5.41) is 3.02. The Bertz CT molecular complexity index is 477. The Morgan fingerprint density at radius 1 is 1.14 bits per heavy atom. The fourth-order valence-electron chi connectivity index (χ4n) is 1.69. The molecule has 0 bridgehead atoms. The molecule has 1 aromatic carbocycles. The molecule has 0 saturated heterocycles. The normalized spacial score (nSPS) is 12.7. The molecule has 1 unspecified atom stereocenters. The maximum absolute atomic E-state index is 12.3. The van der Waals surface area contributed by atoms with Crippen LogP contribution in [0.5, 0.6) is 11.5 Å². The fraction of sp³-hybridized carbons (Fsp3) is 0.588. The van der Waals surface area contributed by atoms with Crippen LogP contribution >= 0.6 is 0 Å². The van der Waals surface area contributed by atoms with E-state index in [1.807, 2.05) is 20.8 Å². The molecular weight excluding hydrogens is 266 g/mol. The number of carbonyl (C=O) groups is 1. The smallest absolute Gasteiger partial charge is 0.251 e. The van der Waals surface area contributed by atoms with Crippen LogP contribution in [0.15, 0.2) is 18.2 Å². The van der Waals surface area contributed by atoms with Crippen LogP contribution in [0, 0.1) is 5.41 Å². The summed E-state index contributed by atoms with van der Waals surface area (Å²) in [6.45, 7) is 13.2. The standard InChI is InChI=1S/C17H27NO3/c1-7-20-14-10-9-13(11-15(14)21-8-2)16(19)18-12(3)17(4,5)6/h9-12H,7-8H2,1-6H3,(H,18,19). The van der Waals surface area contributed by atoms with Gasteiger partial charge in [0.25, 0.3) is 5.91 Å². The van der Waals surface area contributed by atoms with Crippen LogP contribution in [0.2, 0.25) is 0 Å². The van der Waals surface area contributed by atoms with E-state index in [9.17, 15) is 4.79 Å². The van der Waals surface area contributed by atoms with Crippen molar-refractivity contribution in [3.05, 3.63) is 23.8 Å². The Labute approximate surface area is 127 Å². The van der Waals surface area contributed by atoms with Crippen LogP contribution < -0.4 is 14.8 Å². The molecule has 1 amide bonds. The molecule has 0 heterocycles. The predicted molar refractivity (Wildman–Crippen MR) is 85.2 cm³/mol. The average molecular weight is 293 g/mol. The van der Waals surface area contributed by atoms with Crippen LogP contribution in [-0.4, -0.2) is 25.2 Å². The second-order valence-corrected chi connectivity index (χ2v) is 6.09. The van der Waals surface area contributed by atoms with Gasteiger partial charge in [0.1, 0.15) is 0 Å². The Morgan fingerprint density at radius 2 is 1.71 bits per heavy atom. The molecule has 1 atom stereocenters. The lowest BCUT2D eigenvalue weighted by Crippen LogP contribution is -2.41. The molecule has 4 nitrogen and oxygen atoms in total. The highest BCUT2D eigenvalue weighted by molar-refractivity contribution is 5.95. The Hall–Kier alpha value is -1.71. The van der Waals surface area contributed by atoms with Gasteiger partial charge in [-0.2, -0.15) is 0 Å². The van der Waals surface area contributed by atoms with Crippen molar-refractivity contribution >= 4 is 5.91 Å². The number of nitrogens with one attached hydrogen (secondary N) is 1. The lowest BCUT2D eigenvalue weighted by Gasteiger charge is -2.28. The average Bonchev–Trinajstić information content (AvgIpc) is 2.40. The lowest BCUT2D eigenvalue weighted by atomic mass is 9.88. The van der Waals surface area contributed by atoms with Crippen molar-refractivity contribution in [1.29, 1.82) is 0 Å². The largest absolute Gasteiger partial charge is 0.490 e. The molecule has 21 heavy (non-hydrogen) atoms. The molecule has 0 aliphatic heterocycles. The van der Waals surface area contributed by atoms with Crippen molar-refractivity contribution in [2.75, 3.05) is 13.2 Å². The number of benzene rings is 1. The molecule has 0 radical (unpaired) electrons. The van der Waals surface area contributed by atoms with E-state index in [1.165, 1.54) is 0 Å². The SMILES string of the molecule is CCOc1ccc(C(=O)NC(C)C(C)(C)C)cc1OCC. The molecule has 1 aromatic rings. The van der Waals surface area contributed by atoms with E-state index in [1.54, 1.807) is 18.2 Å². The first-order valence-electron chi connectivity index (χ1n) is 7.50. The van der Waals surface area contributed by atoms with Gasteiger partial charge in [-0.25, -0.2) is 0 Å².